The lowest BCUT2D eigenvalue weighted by molar-refractivity contribution is -0.123. The molecule has 0 bridgehead atoms. The second kappa shape index (κ2) is 11.7. The van der Waals surface area contributed by atoms with E-state index in [4.69, 9.17) is 0 Å². The summed E-state index contributed by atoms with van der Waals surface area (Å²) < 4.78 is 26.8. The van der Waals surface area contributed by atoms with Crippen LogP contribution in [0.5, 0.6) is 0 Å². The molecule has 1 amide bonds. The number of likely N-dealkylation sites (tertiary alicyclic amines) is 1. The Balaban J connectivity index is 1.27. The predicted octanol–water partition coefficient (Wildman–Crippen LogP) is 3.27. The van der Waals surface area contributed by atoms with Crippen molar-refractivity contribution in [3.63, 3.8) is 0 Å². The highest BCUT2D eigenvalue weighted by Crippen LogP contribution is 2.23. The number of hydrogen-bond acceptors (Lipinski definition) is 4. The molecule has 4 rings (SSSR count). The third-order valence-corrected chi connectivity index (χ3v) is 6.69. The van der Waals surface area contributed by atoms with Crippen LogP contribution in [0, 0.1) is 11.6 Å². The first-order valence-electron chi connectivity index (χ1n) is 12.0. The normalized spacial score (nSPS) is 18.2. The van der Waals surface area contributed by atoms with Gasteiger partial charge in [0.05, 0.1) is 12.6 Å². The number of carbonyl (C=O) groups is 1. The number of piperazine rings is 1. The molecule has 2 fully saturated rings. The van der Waals surface area contributed by atoms with Crippen LogP contribution in [-0.4, -0.2) is 79.5 Å². The van der Waals surface area contributed by atoms with Crippen LogP contribution < -0.4 is 5.32 Å². The van der Waals surface area contributed by atoms with Crippen molar-refractivity contribution in [2.24, 2.45) is 0 Å². The first-order valence-corrected chi connectivity index (χ1v) is 12.0. The van der Waals surface area contributed by atoms with Crippen LogP contribution in [0.1, 0.15) is 36.4 Å². The summed E-state index contributed by atoms with van der Waals surface area (Å²) >= 11 is 0. The Morgan fingerprint density at radius 2 is 1.18 bits per heavy atom. The van der Waals surface area contributed by atoms with Gasteiger partial charge in [0.15, 0.2) is 0 Å². The van der Waals surface area contributed by atoms with Gasteiger partial charge >= 0.3 is 0 Å². The fraction of sp³-hybridized carbons (Fsp3) is 0.500. The molecule has 2 heterocycles. The molecule has 0 atom stereocenters. The fourth-order valence-electron chi connectivity index (χ4n) is 4.77. The fourth-order valence-corrected chi connectivity index (χ4v) is 4.77. The molecule has 33 heavy (non-hydrogen) atoms. The zero-order valence-corrected chi connectivity index (χ0v) is 19.2. The molecule has 0 spiro atoms. The molecule has 0 aromatic heterocycles. The number of benzene rings is 2. The van der Waals surface area contributed by atoms with E-state index in [1.54, 1.807) is 24.3 Å². The maximum atomic E-state index is 13.4. The van der Waals surface area contributed by atoms with E-state index in [1.165, 1.54) is 63.2 Å². The average Bonchev–Trinajstić information content (AvgIpc) is 3.34. The second-order valence-electron chi connectivity index (χ2n) is 9.12. The van der Waals surface area contributed by atoms with Crippen LogP contribution >= 0.6 is 0 Å². The largest absolute Gasteiger partial charge is 0.344 e. The zero-order chi connectivity index (χ0) is 23.0. The molecule has 0 radical (unpaired) electrons. The van der Waals surface area contributed by atoms with E-state index in [0.29, 0.717) is 6.54 Å². The molecule has 2 saturated heterocycles. The van der Waals surface area contributed by atoms with Crippen molar-refractivity contribution in [2.45, 2.75) is 25.3 Å². The monoisotopic (exact) mass is 456 g/mol. The van der Waals surface area contributed by atoms with E-state index in [1.807, 2.05) is 0 Å². The smallest absolute Gasteiger partial charge is 0.234 e. The SMILES string of the molecule is O=C(CN1CCN(CCCN2CCCC2)CC1)NC(c1ccc(F)cc1)c1ccc(F)cc1. The lowest BCUT2D eigenvalue weighted by Gasteiger charge is -2.34. The summed E-state index contributed by atoms with van der Waals surface area (Å²) in [6.45, 7) is 8.83. The van der Waals surface area contributed by atoms with Crippen molar-refractivity contribution in [3.05, 3.63) is 71.3 Å². The number of carbonyl (C=O) groups excluding carboxylic acids is 1. The zero-order valence-electron chi connectivity index (χ0n) is 19.2. The standard InChI is InChI=1S/C26H34F2N4O/c27-23-8-4-21(5-9-23)26(22-6-10-24(28)11-7-22)29-25(33)20-32-18-16-31(17-19-32)15-3-14-30-12-1-2-13-30/h4-11,26H,1-3,12-20H2,(H,29,33). The van der Waals surface area contributed by atoms with Crippen molar-refractivity contribution < 1.29 is 13.6 Å². The summed E-state index contributed by atoms with van der Waals surface area (Å²) in [6.07, 6.45) is 3.88. The van der Waals surface area contributed by atoms with E-state index < -0.39 is 6.04 Å². The highest BCUT2D eigenvalue weighted by atomic mass is 19.1. The van der Waals surface area contributed by atoms with Crippen LogP contribution in [0.15, 0.2) is 48.5 Å². The highest BCUT2D eigenvalue weighted by molar-refractivity contribution is 5.79. The first kappa shape index (κ1) is 23.8. The Morgan fingerprint density at radius 1 is 0.727 bits per heavy atom. The molecule has 2 aromatic carbocycles. The van der Waals surface area contributed by atoms with E-state index in [2.05, 4.69) is 20.0 Å². The van der Waals surface area contributed by atoms with Crippen LogP contribution in [0.4, 0.5) is 8.78 Å². The minimum atomic E-state index is -0.453. The van der Waals surface area contributed by atoms with Crippen molar-refractivity contribution in [1.29, 1.82) is 0 Å². The maximum absolute atomic E-state index is 13.4. The number of amides is 1. The summed E-state index contributed by atoms with van der Waals surface area (Å²) in [5.41, 5.74) is 1.53. The van der Waals surface area contributed by atoms with Crippen molar-refractivity contribution >= 4 is 5.91 Å². The van der Waals surface area contributed by atoms with Gasteiger partial charge in [-0.3, -0.25) is 9.69 Å². The topological polar surface area (TPSA) is 38.8 Å². The van der Waals surface area contributed by atoms with E-state index in [-0.39, 0.29) is 17.5 Å². The third-order valence-electron chi connectivity index (χ3n) is 6.69. The lowest BCUT2D eigenvalue weighted by Crippen LogP contribution is -2.50. The number of hydrogen-bond donors (Lipinski definition) is 1. The maximum Gasteiger partial charge on any atom is 0.234 e. The van der Waals surface area contributed by atoms with Gasteiger partial charge in [-0.05, 0) is 80.8 Å². The van der Waals surface area contributed by atoms with Gasteiger partial charge in [0, 0.05) is 26.2 Å². The minimum Gasteiger partial charge on any atom is -0.344 e. The molecule has 7 heteroatoms. The Labute approximate surface area is 195 Å². The molecule has 2 aromatic rings. The first-order chi connectivity index (χ1) is 16.1. The molecule has 2 aliphatic rings. The predicted molar refractivity (Wildman–Crippen MR) is 126 cm³/mol. The molecular formula is C26H34F2N4O. The Kier molecular flexibility index (Phi) is 8.42. The molecule has 0 saturated carbocycles. The summed E-state index contributed by atoms with van der Waals surface area (Å²) in [6, 6.07) is 11.7. The van der Waals surface area contributed by atoms with Gasteiger partial charge in [0.25, 0.3) is 0 Å². The van der Waals surface area contributed by atoms with Gasteiger partial charge in [-0.1, -0.05) is 24.3 Å². The summed E-state index contributed by atoms with van der Waals surface area (Å²) in [5, 5.41) is 3.07. The van der Waals surface area contributed by atoms with E-state index in [0.717, 1.165) is 43.9 Å². The molecule has 178 valence electrons. The van der Waals surface area contributed by atoms with Crippen LogP contribution in [-0.2, 0) is 4.79 Å². The summed E-state index contributed by atoms with van der Waals surface area (Å²) in [4.78, 5) is 20.1. The van der Waals surface area contributed by atoms with Crippen molar-refractivity contribution in [3.8, 4) is 0 Å². The Bertz CT molecular complexity index is 831. The average molecular weight is 457 g/mol. The molecule has 2 aliphatic heterocycles. The Morgan fingerprint density at radius 3 is 1.70 bits per heavy atom. The molecular weight excluding hydrogens is 422 g/mol. The van der Waals surface area contributed by atoms with Crippen LogP contribution in [0.25, 0.3) is 0 Å². The minimum absolute atomic E-state index is 0.0869. The molecule has 5 nitrogen and oxygen atoms in total. The highest BCUT2D eigenvalue weighted by Gasteiger charge is 2.22. The summed E-state index contributed by atoms with van der Waals surface area (Å²) in [7, 11) is 0. The molecule has 1 N–H and O–H groups in total. The van der Waals surface area contributed by atoms with Crippen LogP contribution in [0.3, 0.4) is 0 Å². The van der Waals surface area contributed by atoms with Gasteiger partial charge in [-0.15, -0.1) is 0 Å². The molecule has 0 aliphatic carbocycles. The quantitative estimate of drug-likeness (QED) is 0.629. The van der Waals surface area contributed by atoms with Gasteiger partial charge in [-0.25, -0.2) is 8.78 Å². The number of nitrogens with one attached hydrogen (secondary N) is 1. The van der Waals surface area contributed by atoms with Gasteiger partial charge in [-0.2, -0.15) is 0 Å². The van der Waals surface area contributed by atoms with Gasteiger partial charge in [0.2, 0.25) is 5.91 Å². The van der Waals surface area contributed by atoms with Gasteiger partial charge < -0.3 is 15.1 Å². The van der Waals surface area contributed by atoms with Crippen LogP contribution in [0.2, 0.25) is 0 Å². The number of nitrogens with zero attached hydrogens (tertiary/aromatic N) is 3. The third kappa shape index (κ3) is 7.06. The lowest BCUT2D eigenvalue weighted by atomic mass is 9.98. The Hall–Kier alpha value is -2.35. The van der Waals surface area contributed by atoms with E-state index in [9.17, 15) is 13.6 Å². The number of rotatable bonds is 9. The van der Waals surface area contributed by atoms with Crippen molar-refractivity contribution in [2.75, 3.05) is 58.9 Å². The summed E-state index contributed by atoms with van der Waals surface area (Å²) in [5.74, 6) is -0.751. The molecule has 0 unspecified atom stereocenters. The van der Waals surface area contributed by atoms with Crippen molar-refractivity contribution in [1.82, 2.24) is 20.0 Å². The van der Waals surface area contributed by atoms with E-state index >= 15 is 0 Å². The second-order valence-corrected chi connectivity index (χ2v) is 9.12. The number of halogens is 2. The van der Waals surface area contributed by atoms with Gasteiger partial charge in [0.1, 0.15) is 11.6 Å².